The molecule has 1 aromatic carbocycles. The summed E-state index contributed by atoms with van der Waals surface area (Å²) < 4.78 is 48.9. The number of fused-ring (bicyclic) bond motifs is 1. The Labute approximate surface area is 310 Å². The van der Waals surface area contributed by atoms with E-state index in [1.54, 1.807) is 40.0 Å². The number of likely N-dealkylation sites (N-methyl/N-ethyl adjacent to an activating group) is 1. The zero-order valence-electron chi connectivity index (χ0n) is 30.6. The van der Waals surface area contributed by atoms with Crippen molar-refractivity contribution in [3.8, 4) is 23.2 Å². The van der Waals surface area contributed by atoms with Crippen molar-refractivity contribution >= 4 is 29.5 Å². The van der Waals surface area contributed by atoms with Gasteiger partial charge in [-0.1, -0.05) is 24.8 Å². The summed E-state index contributed by atoms with van der Waals surface area (Å²) in [6, 6.07) is 7.01. The van der Waals surface area contributed by atoms with Crippen LogP contribution in [0.5, 0.6) is 0 Å². The van der Waals surface area contributed by atoms with Crippen molar-refractivity contribution in [3.05, 3.63) is 88.0 Å². The Morgan fingerprint density at radius 3 is 2.52 bits per heavy atom. The SMILES string of the molecule is CCNCCNCc1ccc(NC(=O)Cc2cncc(C#Cc3cnc(N)nc3-c3cc4c(n3C)CCN(C(=O)OC(C)(C)C)C4=O)c2)cc1C(F)(F)F. The minimum atomic E-state index is -4.61. The van der Waals surface area contributed by atoms with Crippen LogP contribution < -0.4 is 21.7 Å². The van der Waals surface area contributed by atoms with Crippen LogP contribution in [0.25, 0.3) is 11.4 Å². The second-order valence-corrected chi connectivity index (χ2v) is 13.6. The Kier molecular flexibility index (Phi) is 12.0. The quantitative estimate of drug-likeness (QED) is 0.132. The fourth-order valence-corrected chi connectivity index (χ4v) is 5.83. The van der Waals surface area contributed by atoms with Crippen LogP contribution in [-0.2, 0) is 42.1 Å². The molecule has 3 amide bonds. The topological polar surface area (TPSA) is 169 Å². The lowest BCUT2D eigenvalue weighted by atomic mass is 10.1. The summed E-state index contributed by atoms with van der Waals surface area (Å²) in [7, 11) is 1.78. The van der Waals surface area contributed by atoms with Gasteiger partial charge < -0.3 is 31.0 Å². The molecule has 284 valence electrons. The summed E-state index contributed by atoms with van der Waals surface area (Å²) in [5.74, 6) is 4.99. The summed E-state index contributed by atoms with van der Waals surface area (Å²) in [6.07, 6.45) is -0.679. The summed E-state index contributed by atoms with van der Waals surface area (Å²) in [6.45, 7) is 9.19. The molecule has 0 saturated heterocycles. The molecule has 0 spiro atoms. The summed E-state index contributed by atoms with van der Waals surface area (Å²) in [5, 5.41) is 8.65. The standard InChI is InChI=1S/C38H42F3N9O4/c1-6-43-12-13-44-21-25-9-10-27(17-29(25)38(39,40)41)47-32(51)16-24-15-23(19-45-20-24)7-8-26-22-46-35(42)48-33(26)31-18-28-30(49(31)5)11-14-50(34(28)52)36(53)54-37(2,3)4/h9-10,15,17-20,22,43-44H,6,11-14,16,21H2,1-5H3,(H,47,51)(H2,42,46,48). The molecule has 13 nitrogen and oxygen atoms in total. The van der Waals surface area contributed by atoms with Gasteiger partial charge in [-0.3, -0.25) is 14.6 Å². The zero-order chi connectivity index (χ0) is 39.2. The van der Waals surface area contributed by atoms with E-state index >= 15 is 0 Å². The smallest absolute Gasteiger partial charge is 0.417 e. The molecule has 5 rings (SSSR count). The third kappa shape index (κ3) is 9.79. The third-order valence-electron chi connectivity index (χ3n) is 8.31. The molecule has 4 aromatic rings. The number of rotatable bonds is 10. The number of imide groups is 1. The Morgan fingerprint density at radius 1 is 1.04 bits per heavy atom. The number of ether oxygens (including phenoxy) is 1. The number of hydrogen-bond donors (Lipinski definition) is 4. The lowest BCUT2D eigenvalue weighted by Crippen LogP contribution is -2.44. The molecule has 1 aliphatic rings. The number of amides is 3. The van der Waals surface area contributed by atoms with Crippen LogP contribution in [0.15, 0.2) is 48.9 Å². The van der Waals surface area contributed by atoms with Crippen molar-refractivity contribution in [1.29, 1.82) is 0 Å². The van der Waals surface area contributed by atoms with E-state index in [1.165, 1.54) is 30.7 Å². The second kappa shape index (κ2) is 16.5. The van der Waals surface area contributed by atoms with Gasteiger partial charge in [0.1, 0.15) is 11.3 Å². The van der Waals surface area contributed by atoms with Gasteiger partial charge in [-0.05, 0) is 62.7 Å². The summed E-state index contributed by atoms with van der Waals surface area (Å²) in [4.78, 5) is 52.8. The van der Waals surface area contributed by atoms with Gasteiger partial charge in [0, 0.05) is 75.2 Å². The van der Waals surface area contributed by atoms with E-state index in [2.05, 4.69) is 42.7 Å². The first-order valence-corrected chi connectivity index (χ1v) is 17.3. The number of hydrogen-bond acceptors (Lipinski definition) is 10. The largest absolute Gasteiger partial charge is 0.443 e. The minimum Gasteiger partial charge on any atom is -0.443 e. The molecule has 16 heteroatoms. The maximum absolute atomic E-state index is 13.9. The van der Waals surface area contributed by atoms with E-state index < -0.39 is 35.2 Å². The molecule has 4 heterocycles. The van der Waals surface area contributed by atoms with Gasteiger partial charge in [0.05, 0.1) is 28.8 Å². The number of nitrogens with one attached hydrogen (secondary N) is 3. The van der Waals surface area contributed by atoms with Crippen LogP contribution in [0.4, 0.5) is 29.6 Å². The van der Waals surface area contributed by atoms with E-state index in [0.717, 1.165) is 17.5 Å². The summed E-state index contributed by atoms with van der Waals surface area (Å²) >= 11 is 0. The first kappa shape index (κ1) is 39.4. The van der Waals surface area contributed by atoms with Gasteiger partial charge in [-0.15, -0.1) is 0 Å². The van der Waals surface area contributed by atoms with E-state index in [0.29, 0.717) is 58.8 Å². The van der Waals surface area contributed by atoms with E-state index in [9.17, 15) is 27.6 Å². The van der Waals surface area contributed by atoms with Gasteiger partial charge >= 0.3 is 12.3 Å². The zero-order valence-corrected chi connectivity index (χ0v) is 30.6. The number of nitrogens with zero attached hydrogens (tertiary/aromatic N) is 5. The van der Waals surface area contributed by atoms with Crippen molar-refractivity contribution in [3.63, 3.8) is 0 Å². The molecule has 0 aliphatic carbocycles. The molecule has 0 unspecified atom stereocenters. The monoisotopic (exact) mass is 745 g/mol. The Morgan fingerprint density at radius 2 is 1.80 bits per heavy atom. The molecule has 0 atom stereocenters. The number of benzene rings is 1. The Hall–Kier alpha value is -5.79. The van der Waals surface area contributed by atoms with Gasteiger partial charge in [-0.25, -0.2) is 19.7 Å². The van der Waals surface area contributed by atoms with E-state index in [4.69, 9.17) is 10.5 Å². The highest BCUT2D eigenvalue weighted by Crippen LogP contribution is 2.34. The normalized spacial score (nSPS) is 12.9. The molecule has 3 aromatic heterocycles. The number of nitrogen functional groups attached to an aromatic ring is 1. The number of alkyl halides is 3. The van der Waals surface area contributed by atoms with Crippen molar-refractivity contribution < 1.29 is 32.3 Å². The van der Waals surface area contributed by atoms with Gasteiger partial charge in [0.25, 0.3) is 5.91 Å². The average Bonchev–Trinajstić information content (AvgIpc) is 3.43. The van der Waals surface area contributed by atoms with Crippen molar-refractivity contribution in [2.75, 3.05) is 37.2 Å². The lowest BCUT2D eigenvalue weighted by molar-refractivity contribution is -0.138. The van der Waals surface area contributed by atoms with Crippen LogP contribution in [0, 0.1) is 11.8 Å². The number of anilines is 2. The Bertz CT molecular complexity index is 2110. The maximum Gasteiger partial charge on any atom is 0.417 e. The predicted molar refractivity (Wildman–Crippen MR) is 196 cm³/mol. The van der Waals surface area contributed by atoms with Gasteiger partial charge in [0.15, 0.2) is 0 Å². The van der Waals surface area contributed by atoms with Crippen LogP contribution in [-0.4, -0.2) is 74.1 Å². The fourth-order valence-electron chi connectivity index (χ4n) is 5.83. The van der Waals surface area contributed by atoms with Crippen LogP contribution in [0.1, 0.15) is 71.6 Å². The van der Waals surface area contributed by atoms with Crippen LogP contribution in [0.3, 0.4) is 0 Å². The average molecular weight is 746 g/mol. The molecule has 0 saturated carbocycles. The Balaban J connectivity index is 1.31. The number of aromatic nitrogens is 4. The van der Waals surface area contributed by atoms with Crippen LogP contribution in [0.2, 0.25) is 0 Å². The van der Waals surface area contributed by atoms with Gasteiger partial charge in [0.2, 0.25) is 11.9 Å². The molecule has 1 aliphatic heterocycles. The first-order chi connectivity index (χ1) is 25.5. The highest BCUT2D eigenvalue weighted by atomic mass is 19.4. The molecule has 0 radical (unpaired) electrons. The maximum atomic E-state index is 13.9. The van der Waals surface area contributed by atoms with E-state index in [1.807, 2.05) is 11.5 Å². The molecule has 0 bridgehead atoms. The molecule has 54 heavy (non-hydrogen) atoms. The van der Waals surface area contributed by atoms with Gasteiger partial charge in [-0.2, -0.15) is 13.2 Å². The highest BCUT2D eigenvalue weighted by molar-refractivity contribution is 6.05. The lowest BCUT2D eigenvalue weighted by Gasteiger charge is -2.28. The van der Waals surface area contributed by atoms with Crippen molar-refractivity contribution in [1.82, 2.24) is 35.1 Å². The highest BCUT2D eigenvalue weighted by Gasteiger charge is 2.36. The third-order valence-corrected chi connectivity index (χ3v) is 8.31. The minimum absolute atomic E-state index is 0.0141. The first-order valence-electron chi connectivity index (χ1n) is 17.3. The second-order valence-electron chi connectivity index (χ2n) is 13.6. The van der Waals surface area contributed by atoms with Crippen molar-refractivity contribution in [2.24, 2.45) is 7.05 Å². The molecular formula is C38H42F3N9O4. The molecular weight excluding hydrogens is 703 g/mol. The number of carbonyl (C=O) groups excluding carboxylic acids is 3. The van der Waals surface area contributed by atoms with E-state index in [-0.39, 0.29) is 36.7 Å². The van der Waals surface area contributed by atoms with Crippen LogP contribution >= 0.6 is 0 Å². The van der Waals surface area contributed by atoms with Crippen molar-refractivity contribution in [2.45, 2.75) is 58.9 Å². The predicted octanol–water partition coefficient (Wildman–Crippen LogP) is 4.69. The number of halogens is 3. The fraction of sp³-hybridized carbons (Fsp3) is 0.368. The molecule has 5 N–H and O–H groups in total. The number of carbonyl (C=O) groups is 3. The molecule has 0 fully saturated rings. The summed E-state index contributed by atoms with van der Waals surface area (Å²) in [5.41, 5.74) is 7.70. The number of pyridine rings is 1. The number of nitrogens with two attached hydrogens (primary N) is 1.